The monoisotopic (exact) mass is 319 g/mol. The second kappa shape index (κ2) is 7.67. The van der Waals surface area contributed by atoms with Crippen LogP contribution >= 0.6 is 0 Å². The minimum absolute atomic E-state index is 0.164. The Labute approximate surface area is 135 Å². The third-order valence-electron chi connectivity index (χ3n) is 3.65. The van der Waals surface area contributed by atoms with Gasteiger partial charge in [0.05, 0.1) is 13.2 Å². The molecule has 6 heteroatoms. The van der Waals surface area contributed by atoms with Crippen molar-refractivity contribution in [1.82, 2.24) is 5.32 Å². The zero-order valence-corrected chi connectivity index (χ0v) is 13.3. The van der Waals surface area contributed by atoms with Crippen LogP contribution in [0.3, 0.4) is 0 Å². The lowest BCUT2D eigenvalue weighted by atomic mass is 10.1. The summed E-state index contributed by atoms with van der Waals surface area (Å²) >= 11 is 0. The normalized spacial score (nSPS) is 15.3. The summed E-state index contributed by atoms with van der Waals surface area (Å²) in [6.07, 6.45) is 5.85. The van der Waals surface area contributed by atoms with Crippen molar-refractivity contribution in [2.24, 2.45) is 0 Å². The lowest BCUT2D eigenvalue weighted by molar-refractivity contribution is -0.134. The summed E-state index contributed by atoms with van der Waals surface area (Å²) in [4.78, 5) is 22.4. The van der Waals surface area contributed by atoms with Crippen molar-refractivity contribution in [2.75, 3.05) is 7.11 Å². The fourth-order valence-corrected chi connectivity index (χ4v) is 2.64. The highest BCUT2D eigenvalue weighted by atomic mass is 16.5. The van der Waals surface area contributed by atoms with Crippen LogP contribution < -0.4 is 14.8 Å². The average molecular weight is 319 g/mol. The van der Waals surface area contributed by atoms with E-state index in [1.165, 1.54) is 20.1 Å². The number of aliphatic carboxylic acids is 1. The first-order valence-corrected chi connectivity index (χ1v) is 7.57. The van der Waals surface area contributed by atoms with Crippen LogP contribution in [0.5, 0.6) is 11.5 Å². The van der Waals surface area contributed by atoms with Crippen LogP contribution in [0.15, 0.2) is 23.9 Å². The van der Waals surface area contributed by atoms with Gasteiger partial charge in [-0.2, -0.15) is 0 Å². The number of benzene rings is 1. The number of carbonyl (C=O) groups is 2. The SMILES string of the molecule is COc1c(C=C(NC(C)=O)C(=O)O)cccc1OC1CCCC1. The first kappa shape index (κ1) is 16.9. The molecule has 1 saturated carbocycles. The molecule has 1 aromatic rings. The summed E-state index contributed by atoms with van der Waals surface area (Å²) in [5.41, 5.74) is 0.322. The molecule has 1 amide bonds. The smallest absolute Gasteiger partial charge is 0.352 e. The maximum Gasteiger partial charge on any atom is 0.352 e. The molecule has 0 saturated heterocycles. The topological polar surface area (TPSA) is 84.9 Å². The Morgan fingerprint density at radius 1 is 1.30 bits per heavy atom. The number of carboxylic acid groups (broad SMARTS) is 1. The van der Waals surface area contributed by atoms with Gasteiger partial charge in [0.25, 0.3) is 0 Å². The van der Waals surface area contributed by atoms with Crippen molar-refractivity contribution >= 4 is 18.0 Å². The summed E-state index contributed by atoms with van der Waals surface area (Å²) in [7, 11) is 1.51. The predicted molar refractivity (Wildman–Crippen MR) is 85.3 cm³/mol. The van der Waals surface area contributed by atoms with Gasteiger partial charge in [-0.1, -0.05) is 12.1 Å². The van der Waals surface area contributed by atoms with Gasteiger partial charge in [0.1, 0.15) is 5.70 Å². The van der Waals surface area contributed by atoms with Gasteiger partial charge in [0.2, 0.25) is 5.91 Å². The molecule has 0 atom stereocenters. The van der Waals surface area contributed by atoms with Gasteiger partial charge in [-0.25, -0.2) is 4.79 Å². The molecule has 2 rings (SSSR count). The zero-order valence-electron chi connectivity index (χ0n) is 13.3. The number of hydrogen-bond acceptors (Lipinski definition) is 4. The van der Waals surface area contributed by atoms with Crippen molar-refractivity contribution in [3.63, 3.8) is 0 Å². The van der Waals surface area contributed by atoms with Gasteiger partial charge in [-0.15, -0.1) is 0 Å². The number of methoxy groups -OCH3 is 1. The Bertz CT molecular complexity index is 617. The molecular formula is C17H21NO5. The number of carbonyl (C=O) groups excluding carboxylic acids is 1. The molecule has 0 radical (unpaired) electrons. The fourth-order valence-electron chi connectivity index (χ4n) is 2.64. The van der Waals surface area contributed by atoms with Crippen LogP contribution in [-0.4, -0.2) is 30.2 Å². The molecule has 2 N–H and O–H groups in total. The van der Waals surface area contributed by atoms with Crippen LogP contribution in [0.25, 0.3) is 6.08 Å². The van der Waals surface area contributed by atoms with Gasteiger partial charge in [-0.05, 0) is 37.8 Å². The van der Waals surface area contributed by atoms with E-state index < -0.39 is 11.9 Å². The molecule has 124 valence electrons. The molecule has 1 fully saturated rings. The summed E-state index contributed by atoms with van der Waals surface area (Å²) in [5, 5.41) is 11.5. The van der Waals surface area contributed by atoms with E-state index in [2.05, 4.69) is 5.32 Å². The van der Waals surface area contributed by atoms with E-state index in [-0.39, 0.29) is 11.8 Å². The number of carboxylic acids is 1. The Balaban J connectivity index is 2.33. The highest BCUT2D eigenvalue weighted by Crippen LogP contribution is 2.35. The summed E-state index contributed by atoms with van der Waals surface area (Å²) in [5.74, 6) is -0.621. The average Bonchev–Trinajstić information content (AvgIpc) is 2.99. The van der Waals surface area contributed by atoms with Crippen LogP contribution in [-0.2, 0) is 9.59 Å². The number of hydrogen-bond donors (Lipinski definition) is 2. The highest BCUT2D eigenvalue weighted by molar-refractivity contribution is 5.96. The van der Waals surface area contributed by atoms with Gasteiger partial charge in [0.15, 0.2) is 11.5 Å². The maximum atomic E-state index is 11.2. The van der Waals surface area contributed by atoms with Crippen LogP contribution in [0, 0.1) is 0 Å². The zero-order chi connectivity index (χ0) is 16.8. The lowest BCUT2D eigenvalue weighted by Gasteiger charge is -2.17. The number of ether oxygens (including phenoxy) is 2. The number of amides is 1. The van der Waals surface area contributed by atoms with E-state index in [1.807, 2.05) is 0 Å². The molecule has 6 nitrogen and oxygen atoms in total. The van der Waals surface area contributed by atoms with Gasteiger partial charge in [-0.3, -0.25) is 4.79 Å². The standard InChI is InChI=1S/C17H21NO5/c1-11(19)18-14(17(20)21)10-12-6-5-9-15(16(12)22-2)23-13-7-3-4-8-13/h5-6,9-10,13H,3-4,7-8H2,1-2H3,(H,18,19)(H,20,21). The van der Waals surface area contributed by atoms with Crippen LogP contribution in [0.1, 0.15) is 38.2 Å². The molecule has 0 bridgehead atoms. The van der Waals surface area contributed by atoms with Crippen LogP contribution in [0.2, 0.25) is 0 Å². The number of rotatable bonds is 6. The second-order valence-corrected chi connectivity index (χ2v) is 5.45. The molecule has 1 aliphatic rings. The van der Waals surface area contributed by atoms with E-state index >= 15 is 0 Å². The Morgan fingerprint density at radius 2 is 2.00 bits per heavy atom. The molecule has 0 unspecified atom stereocenters. The van der Waals surface area contributed by atoms with Crippen molar-refractivity contribution in [3.8, 4) is 11.5 Å². The summed E-state index contributed by atoms with van der Waals surface area (Å²) in [6, 6.07) is 5.28. The van der Waals surface area contributed by atoms with Crippen molar-refractivity contribution in [3.05, 3.63) is 29.5 Å². The van der Waals surface area contributed by atoms with Gasteiger partial charge in [0, 0.05) is 12.5 Å². The van der Waals surface area contributed by atoms with Crippen molar-refractivity contribution in [2.45, 2.75) is 38.7 Å². The molecule has 0 aromatic heterocycles. The molecule has 23 heavy (non-hydrogen) atoms. The Kier molecular flexibility index (Phi) is 5.62. The molecule has 1 aliphatic carbocycles. The Hall–Kier alpha value is -2.50. The summed E-state index contributed by atoms with van der Waals surface area (Å²) in [6.45, 7) is 1.26. The predicted octanol–water partition coefficient (Wildman–Crippen LogP) is 2.58. The first-order chi connectivity index (χ1) is 11.0. The van der Waals surface area contributed by atoms with Gasteiger partial charge >= 0.3 is 5.97 Å². The Morgan fingerprint density at radius 3 is 2.57 bits per heavy atom. The fraction of sp³-hybridized carbons (Fsp3) is 0.412. The van der Waals surface area contributed by atoms with E-state index in [4.69, 9.17) is 9.47 Å². The molecule has 0 spiro atoms. The summed E-state index contributed by atoms with van der Waals surface area (Å²) < 4.78 is 11.4. The minimum Gasteiger partial charge on any atom is -0.492 e. The van der Waals surface area contributed by atoms with E-state index in [0.29, 0.717) is 17.1 Å². The second-order valence-electron chi connectivity index (χ2n) is 5.45. The molecule has 0 heterocycles. The first-order valence-electron chi connectivity index (χ1n) is 7.57. The van der Waals surface area contributed by atoms with Gasteiger partial charge < -0.3 is 19.9 Å². The maximum absolute atomic E-state index is 11.2. The minimum atomic E-state index is -1.22. The van der Waals surface area contributed by atoms with E-state index in [1.54, 1.807) is 18.2 Å². The third kappa shape index (κ3) is 4.48. The third-order valence-corrected chi connectivity index (χ3v) is 3.65. The number of para-hydroxylation sites is 1. The van der Waals surface area contributed by atoms with Crippen molar-refractivity contribution in [1.29, 1.82) is 0 Å². The van der Waals surface area contributed by atoms with Crippen LogP contribution in [0.4, 0.5) is 0 Å². The molecule has 1 aromatic carbocycles. The van der Waals surface area contributed by atoms with E-state index in [9.17, 15) is 14.7 Å². The quantitative estimate of drug-likeness (QED) is 0.787. The molecular weight excluding hydrogens is 298 g/mol. The highest BCUT2D eigenvalue weighted by Gasteiger charge is 2.20. The van der Waals surface area contributed by atoms with E-state index in [0.717, 1.165) is 25.7 Å². The largest absolute Gasteiger partial charge is 0.492 e. The van der Waals surface area contributed by atoms with Crippen molar-refractivity contribution < 1.29 is 24.2 Å². The lowest BCUT2D eigenvalue weighted by Crippen LogP contribution is -2.24. The molecule has 0 aliphatic heterocycles. The number of nitrogens with one attached hydrogen (secondary N) is 1.